The molecule has 2 aromatic rings. The van der Waals surface area contributed by atoms with Gasteiger partial charge in [-0.2, -0.15) is 0 Å². The molecule has 0 aliphatic heterocycles. The highest BCUT2D eigenvalue weighted by Gasteiger charge is 2.24. The molecule has 0 spiro atoms. The van der Waals surface area contributed by atoms with Gasteiger partial charge in [-0.25, -0.2) is 8.42 Å². The van der Waals surface area contributed by atoms with Crippen LogP contribution in [0.2, 0.25) is 5.02 Å². The average molecular weight is 392 g/mol. The molecule has 6 heteroatoms. The molecule has 1 aliphatic rings. The number of hydrogen-bond acceptors (Lipinski definition) is 3. The van der Waals surface area contributed by atoms with Gasteiger partial charge in [0.25, 0.3) is 5.91 Å². The number of benzene rings is 2. The predicted octanol–water partition coefficient (Wildman–Crippen LogP) is 4.20. The lowest BCUT2D eigenvalue weighted by molar-refractivity contribution is 0.0925. The predicted molar refractivity (Wildman–Crippen MR) is 103 cm³/mol. The third-order valence-electron chi connectivity index (χ3n) is 4.94. The fourth-order valence-electron chi connectivity index (χ4n) is 3.47. The summed E-state index contributed by atoms with van der Waals surface area (Å²) in [7, 11) is -3.39. The molecule has 1 aliphatic carbocycles. The average Bonchev–Trinajstić information content (AvgIpc) is 2.62. The maximum atomic E-state index is 12.6. The topological polar surface area (TPSA) is 63.2 Å². The van der Waals surface area contributed by atoms with E-state index < -0.39 is 9.84 Å². The molecule has 4 nitrogen and oxygen atoms in total. The quantitative estimate of drug-likeness (QED) is 0.849. The van der Waals surface area contributed by atoms with E-state index in [-0.39, 0.29) is 27.4 Å². The molecule has 0 saturated heterocycles. The van der Waals surface area contributed by atoms with Gasteiger partial charge in [0.2, 0.25) is 0 Å². The molecule has 0 heterocycles. The van der Waals surface area contributed by atoms with Crippen molar-refractivity contribution in [3.05, 3.63) is 64.7 Å². The highest BCUT2D eigenvalue weighted by atomic mass is 35.5. The number of amides is 1. The summed E-state index contributed by atoms with van der Waals surface area (Å²) in [5.41, 5.74) is 1.56. The Kier molecular flexibility index (Phi) is 5.68. The lowest BCUT2D eigenvalue weighted by atomic mass is 9.82. The van der Waals surface area contributed by atoms with Gasteiger partial charge in [0.05, 0.1) is 15.5 Å². The molecule has 0 radical (unpaired) electrons. The van der Waals surface area contributed by atoms with Gasteiger partial charge in [-0.1, -0.05) is 41.9 Å². The Hall–Kier alpha value is -1.85. The molecule has 3 rings (SSSR count). The summed E-state index contributed by atoms with van der Waals surface area (Å²) in [6.07, 6.45) is 4.95. The van der Waals surface area contributed by atoms with Crippen LogP contribution < -0.4 is 5.32 Å². The van der Waals surface area contributed by atoms with Crippen LogP contribution in [0.25, 0.3) is 0 Å². The number of rotatable bonds is 4. The molecule has 1 N–H and O–H groups in total. The first-order valence-corrected chi connectivity index (χ1v) is 11.0. The Labute approximate surface area is 159 Å². The largest absolute Gasteiger partial charge is 0.349 e. The number of halogens is 1. The van der Waals surface area contributed by atoms with Crippen molar-refractivity contribution >= 4 is 27.3 Å². The van der Waals surface area contributed by atoms with E-state index in [4.69, 9.17) is 11.6 Å². The van der Waals surface area contributed by atoms with Crippen LogP contribution >= 0.6 is 11.6 Å². The second-order valence-corrected chi connectivity index (χ2v) is 9.27. The van der Waals surface area contributed by atoms with Crippen LogP contribution in [0.3, 0.4) is 0 Å². The van der Waals surface area contributed by atoms with E-state index in [9.17, 15) is 13.2 Å². The molecule has 138 valence electrons. The minimum Gasteiger partial charge on any atom is -0.349 e. The smallest absolute Gasteiger partial charge is 0.253 e. The Morgan fingerprint density at radius 2 is 1.69 bits per heavy atom. The Morgan fingerprint density at radius 1 is 1.04 bits per heavy atom. The van der Waals surface area contributed by atoms with Gasteiger partial charge in [0.15, 0.2) is 9.84 Å². The second-order valence-electron chi connectivity index (χ2n) is 6.85. The van der Waals surface area contributed by atoms with Crippen LogP contribution in [-0.4, -0.2) is 26.6 Å². The first-order valence-electron chi connectivity index (χ1n) is 8.70. The Bertz CT molecular complexity index is 889. The van der Waals surface area contributed by atoms with Crippen molar-refractivity contribution in [1.82, 2.24) is 5.32 Å². The van der Waals surface area contributed by atoms with Gasteiger partial charge in [0.1, 0.15) is 0 Å². The number of nitrogens with one attached hydrogen (secondary N) is 1. The summed E-state index contributed by atoms with van der Waals surface area (Å²) in [4.78, 5) is 12.7. The molecule has 0 aromatic heterocycles. The zero-order chi connectivity index (χ0) is 18.7. The first kappa shape index (κ1) is 18.9. The van der Waals surface area contributed by atoms with Crippen LogP contribution in [0.15, 0.2) is 53.4 Å². The molecular weight excluding hydrogens is 370 g/mol. The molecular formula is C20H22ClNO3S. The van der Waals surface area contributed by atoms with E-state index in [1.165, 1.54) is 23.8 Å². The van der Waals surface area contributed by atoms with E-state index in [0.717, 1.165) is 31.9 Å². The maximum absolute atomic E-state index is 12.6. The van der Waals surface area contributed by atoms with Gasteiger partial charge < -0.3 is 5.32 Å². The van der Waals surface area contributed by atoms with Crippen molar-refractivity contribution in [1.29, 1.82) is 0 Å². The summed E-state index contributed by atoms with van der Waals surface area (Å²) in [6.45, 7) is 0. The van der Waals surface area contributed by atoms with Gasteiger partial charge >= 0.3 is 0 Å². The van der Waals surface area contributed by atoms with E-state index in [2.05, 4.69) is 29.6 Å². The standard InChI is InChI=1S/C20H22ClNO3S/c1-26(24,25)17-11-12-19(21)18(13-17)20(23)22-16-9-7-15(8-10-16)14-5-3-2-4-6-14/h2-6,11-13,15-16H,7-10H2,1H3,(H,22,23). The summed E-state index contributed by atoms with van der Waals surface area (Å²) in [5, 5.41) is 3.27. The normalized spacial score (nSPS) is 20.5. The summed E-state index contributed by atoms with van der Waals surface area (Å²) < 4.78 is 23.4. The van der Waals surface area contributed by atoms with Crippen LogP contribution in [0.5, 0.6) is 0 Å². The minimum absolute atomic E-state index is 0.0837. The van der Waals surface area contributed by atoms with Crippen molar-refractivity contribution in [3.63, 3.8) is 0 Å². The molecule has 0 atom stereocenters. The summed E-state index contributed by atoms with van der Waals surface area (Å²) in [5.74, 6) is 0.213. The SMILES string of the molecule is CS(=O)(=O)c1ccc(Cl)c(C(=O)NC2CCC(c3ccccc3)CC2)c1. The van der Waals surface area contributed by atoms with E-state index in [1.54, 1.807) is 0 Å². The maximum Gasteiger partial charge on any atom is 0.253 e. The highest BCUT2D eigenvalue weighted by Crippen LogP contribution is 2.33. The highest BCUT2D eigenvalue weighted by molar-refractivity contribution is 7.90. The van der Waals surface area contributed by atoms with Crippen LogP contribution in [0.4, 0.5) is 0 Å². The molecule has 0 unspecified atom stereocenters. The lowest BCUT2D eigenvalue weighted by Gasteiger charge is -2.29. The first-order chi connectivity index (χ1) is 12.3. The molecule has 1 amide bonds. The van der Waals surface area contributed by atoms with E-state index >= 15 is 0 Å². The number of carbonyl (C=O) groups excluding carboxylic acids is 1. The van der Waals surface area contributed by atoms with Crippen molar-refractivity contribution in [2.75, 3.05) is 6.26 Å². The number of carbonyl (C=O) groups is 1. The van der Waals surface area contributed by atoms with E-state index in [0.29, 0.717) is 5.92 Å². The summed E-state index contributed by atoms with van der Waals surface area (Å²) in [6, 6.07) is 14.7. The van der Waals surface area contributed by atoms with Crippen molar-refractivity contribution in [2.45, 2.75) is 42.5 Å². The van der Waals surface area contributed by atoms with Gasteiger partial charge in [-0.15, -0.1) is 0 Å². The lowest BCUT2D eigenvalue weighted by Crippen LogP contribution is -2.37. The fourth-order valence-corrected chi connectivity index (χ4v) is 4.32. The van der Waals surface area contributed by atoms with Crippen LogP contribution in [-0.2, 0) is 9.84 Å². The molecule has 26 heavy (non-hydrogen) atoms. The van der Waals surface area contributed by atoms with Crippen molar-refractivity contribution < 1.29 is 13.2 Å². The minimum atomic E-state index is -3.39. The van der Waals surface area contributed by atoms with Crippen molar-refractivity contribution in [3.8, 4) is 0 Å². The van der Waals surface area contributed by atoms with Crippen LogP contribution in [0.1, 0.15) is 47.5 Å². The zero-order valence-electron chi connectivity index (χ0n) is 14.6. The monoisotopic (exact) mass is 391 g/mol. The number of hydrogen-bond donors (Lipinski definition) is 1. The molecule has 2 aromatic carbocycles. The fraction of sp³-hybridized carbons (Fsp3) is 0.350. The van der Waals surface area contributed by atoms with Gasteiger partial charge in [-0.05, 0) is 55.4 Å². The second kappa shape index (κ2) is 7.80. The molecule has 1 saturated carbocycles. The Morgan fingerprint density at radius 3 is 2.31 bits per heavy atom. The van der Waals surface area contributed by atoms with E-state index in [1.807, 2.05) is 6.07 Å². The molecule has 1 fully saturated rings. The summed E-state index contributed by atoms with van der Waals surface area (Å²) >= 11 is 6.11. The third-order valence-corrected chi connectivity index (χ3v) is 6.38. The van der Waals surface area contributed by atoms with Crippen LogP contribution in [0, 0.1) is 0 Å². The third kappa shape index (κ3) is 4.46. The van der Waals surface area contributed by atoms with Gasteiger partial charge in [0, 0.05) is 12.3 Å². The molecule has 0 bridgehead atoms. The van der Waals surface area contributed by atoms with Gasteiger partial charge in [-0.3, -0.25) is 4.79 Å². The Balaban J connectivity index is 1.65. The van der Waals surface area contributed by atoms with Crippen molar-refractivity contribution in [2.24, 2.45) is 0 Å². The zero-order valence-corrected chi connectivity index (χ0v) is 16.2. The number of sulfone groups is 1.